The predicted molar refractivity (Wildman–Crippen MR) is 114 cm³/mol. The molecule has 1 aromatic carbocycles. The van der Waals surface area contributed by atoms with Crippen molar-refractivity contribution in [3.05, 3.63) is 88.9 Å². The number of aromatic nitrogens is 1. The van der Waals surface area contributed by atoms with Gasteiger partial charge in [-0.3, -0.25) is 10.2 Å². The molecule has 2 aromatic rings. The second-order valence-corrected chi connectivity index (χ2v) is 8.73. The van der Waals surface area contributed by atoms with Crippen LogP contribution in [0.3, 0.4) is 0 Å². The largest absolute Gasteiger partial charge is 0.284 e. The van der Waals surface area contributed by atoms with Gasteiger partial charge in [-0.2, -0.15) is 4.40 Å². The van der Waals surface area contributed by atoms with Crippen molar-refractivity contribution in [3.8, 4) is 11.1 Å². The molecule has 1 N–H and O–H groups in total. The van der Waals surface area contributed by atoms with Crippen molar-refractivity contribution in [1.29, 1.82) is 0 Å². The minimum atomic E-state index is -3.56. The second-order valence-electron chi connectivity index (χ2n) is 7.08. The van der Waals surface area contributed by atoms with E-state index in [1.165, 1.54) is 30.6 Å². The van der Waals surface area contributed by atoms with E-state index in [4.69, 9.17) is 0 Å². The van der Waals surface area contributed by atoms with Crippen LogP contribution >= 0.6 is 0 Å². The van der Waals surface area contributed by atoms with Crippen LogP contribution in [0.1, 0.15) is 18.2 Å². The summed E-state index contributed by atoms with van der Waals surface area (Å²) >= 11 is 0. The Morgan fingerprint density at radius 1 is 1.10 bits per heavy atom. The highest BCUT2D eigenvalue weighted by Crippen LogP contribution is 2.38. The van der Waals surface area contributed by atoms with Gasteiger partial charge in [0.2, 0.25) is 0 Å². The summed E-state index contributed by atoms with van der Waals surface area (Å²) in [5.41, 5.74) is 3.48. The van der Waals surface area contributed by atoms with Crippen molar-refractivity contribution < 1.29 is 22.4 Å². The fraction of sp³-hybridized carbons (Fsp3) is 0.0909. The Kier molecular flexibility index (Phi) is 5.16. The Bertz CT molecular complexity index is 1360. The zero-order chi connectivity index (χ0) is 22.3. The summed E-state index contributed by atoms with van der Waals surface area (Å²) in [6.45, 7) is 1.75. The maximum Gasteiger partial charge on any atom is 0.250 e. The van der Waals surface area contributed by atoms with Crippen molar-refractivity contribution >= 4 is 27.5 Å². The summed E-state index contributed by atoms with van der Waals surface area (Å²) in [4.78, 5) is 4.38. The first-order valence-electron chi connectivity index (χ1n) is 9.16. The fourth-order valence-corrected chi connectivity index (χ4v) is 4.01. The molecule has 31 heavy (non-hydrogen) atoms. The van der Waals surface area contributed by atoms with E-state index in [9.17, 15) is 22.4 Å². The number of rotatable bonds is 2. The van der Waals surface area contributed by atoms with Gasteiger partial charge in [-0.25, -0.2) is 22.3 Å². The summed E-state index contributed by atoms with van der Waals surface area (Å²) in [7, 11) is -3.56. The number of benzene rings is 1. The van der Waals surface area contributed by atoms with Gasteiger partial charge in [0.15, 0.2) is 0 Å². The molecule has 1 aliphatic heterocycles. The molecule has 0 unspecified atom stereocenters. The highest BCUT2D eigenvalue weighted by Gasteiger charge is 2.25. The van der Waals surface area contributed by atoms with Gasteiger partial charge in [0.25, 0.3) is 10.0 Å². The molecule has 0 radical (unpaired) electrons. The average Bonchev–Trinajstić information content (AvgIpc) is 2.67. The SMILES string of the molecule is CC1=CC(=N\S(C)(=O)=O)/C=CC/1=C1/c2nccc(-c3ccc(F)cc3F)c2C=CN1O. The number of halogens is 2. The summed E-state index contributed by atoms with van der Waals surface area (Å²) in [6.07, 6.45) is 10.2. The van der Waals surface area contributed by atoms with E-state index in [0.717, 1.165) is 17.4 Å². The lowest BCUT2D eigenvalue weighted by atomic mass is 9.91. The van der Waals surface area contributed by atoms with Gasteiger partial charge in [0.05, 0.1) is 17.7 Å². The van der Waals surface area contributed by atoms with Gasteiger partial charge in [0.1, 0.15) is 17.3 Å². The minimum absolute atomic E-state index is 0.203. The van der Waals surface area contributed by atoms with Crippen LogP contribution in [0.25, 0.3) is 22.9 Å². The monoisotopic (exact) mass is 441 g/mol. The molecule has 0 saturated carbocycles. The number of fused-ring (bicyclic) bond motifs is 1. The molecule has 158 valence electrons. The first-order valence-corrected chi connectivity index (χ1v) is 11.0. The standard InChI is InChI=1S/C22H17F2N3O3S/c1-13-11-15(26-31(2,29)30)4-6-16(13)22-21-19(8-10-27(22)28)17(7-9-25-21)18-5-3-14(23)12-20(18)24/h3-12,28H,1-2H3/b22-16+,26-15-. The molecular weight excluding hydrogens is 424 g/mol. The third kappa shape index (κ3) is 4.10. The molecule has 1 aromatic heterocycles. The lowest BCUT2D eigenvalue weighted by molar-refractivity contribution is 0.0242. The normalized spacial score (nSPS) is 19.6. The molecule has 6 nitrogen and oxygen atoms in total. The van der Waals surface area contributed by atoms with E-state index < -0.39 is 21.7 Å². The van der Waals surface area contributed by atoms with Crippen LogP contribution in [0.2, 0.25) is 0 Å². The Labute approximate surface area is 177 Å². The summed E-state index contributed by atoms with van der Waals surface area (Å²) < 4.78 is 54.3. The third-order valence-corrected chi connectivity index (χ3v) is 5.33. The Morgan fingerprint density at radius 3 is 2.55 bits per heavy atom. The predicted octanol–water partition coefficient (Wildman–Crippen LogP) is 4.33. The minimum Gasteiger partial charge on any atom is -0.284 e. The third-order valence-electron chi connectivity index (χ3n) is 4.78. The Balaban J connectivity index is 1.89. The first-order chi connectivity index (χ1) is 14.6. The molecule has 2 aliphatic rings. The van der Waals surface area contributed by atoms with Gasteiger partial charge in [-0.15, -0.1) is 0 Å². The molecule has 0 fully saturated rings. The number of nitrogens with zero attached hydrogens (tertiary/aromatic N) is 3. The Hall–Kier alpha value is -3.43. The molecule has 0 atom stereocenters. The van der Waals surface area contributed by atoms with E-state index in [2.05, 4.69) is 9.38 Å². The first kappa shape index (κ1) is 20.8. The number of hydroxylamine groups is 2. The zero-order valence-electron chi connectivity index (χ0n) is 16.5. The lowest BCUT2D eigenvalue weighted by Gasteiger charge is -2.26. The van der Waals surface area contributed by atoms with Gasteiger partial charge in [0, 0.05) is 35.2 Å². The smallest absolute Gasteiger partial charge is 0.250 e. The topological polar surface area (TPSA) is 82.9 Å². The van der Waals surface area contributed by atoms with Crippen molar-refractivity contribution in [3.63, 3.8) is 0 Å². The molecular formula is C22H17F2N3O3S. The van der Waals surface area contributed by atoms with Crippen LogP contribution in [-0.2, 0) is 10.0 Å². The highest BCUT2D eigenvalue weighted by atomic mass is 32.2. The highest BCUT2D eigenvalue weighted by molar-refractivity contribution is 7.89. The zero-order valence-corrected chi connectivity index (χ0v) is 17.4. The van der Waals surface area contributed by atoms with Crippen LogP contribution in [0, 0.1) is 11.6 Å². The maximum absolute atomic E-state index is 14.4. The van der Waals surface area contributed by atoms with Crippen LogP contribution in [0.15, 0.2) is 70.4 Å². The van der Waals surface area contributed by atoms with Gasteiger partial charge < -0.3 is 0 Å². The molecule has 9 heteroatoms. The maximum atomic E-state index is 14.4. The molecule has 0 amide bonds. The molecule has 2 heterocycles. The van der Waals surface area contributed by atoms with Crippen LogP contribution in [-0.4, -0.2) is 35.6 Å². The summed E-state index contributed by atoms with van der Waals surface area (Å²) in [6, 6.07) is 4.96. The van der Waals surface area contributed by atoms with E-state index in [1.807, 2.05) is 0 Å². The van der Waals surface area contributed by atoms with Gasteiger partial charge >= 0.3 is 0 Å². The van der Waals surface area contributed by atoms with E-state index >= 15 is 0 Å². The summed E-state index contributed by atoms with van der Waals surface area (Å²) in [5, 5.41) is 11.4. The number of pyridine rings is 1. The lowest BCUT2D eigenvalue weighted by Crippen LogP contribution is -2.19. The van der Waals surface area contributed by atoms with E-state index in [1.54, 1.807) is 31.2 Å². The average molecular weight is 441 g/mol. The van der Waals surface area contributed by atoms with Crippen LogP contribution in [0.4, 0.5) is 8.78 Å². The van der Waals surface area contributed by atoms with E-state index in [-0.39, 0.29) is 11.3 Å². The van der Waals surface area contributed by atoms with Crippen LogP contribution < -0.4 is 0 Å². The number of hydrogen-bond acceptors (Lipinski definition) is 5. The molecule has 0 spiro atoms. The molecule has 1 aliphatic carbocycles. The quantitative estimate of drug-likeness (QED) is 0.750. The van der Waals surface area contributed by atoms with Crippen molar-refractivity contribution in [2.24, 2.45) is 4.40 Å². The molecule has 4 rings (SSSR count). The van der Waals surface area contributed by atoms with Crippen LogP contribution in [0.5, 0.6) is 0 Å². The number of sulfonamides is 1. The number of allylic oxidation sites excluding steroid dienone is 5. The van der Waals surface area contributed by atoms with E-state index in [0.29, 0.717) is 33.7 Å². The second kappa shape index (κ2) is 7.68. The van der Waals surface area contributed by atoms with Gasteiger partial charge in [-0.1, -0.05) is 6.08 Å². The van der Waals surface area contributed by atoms with Gasteiger partial charge in [-0.05, 0) is 54.5 Å². The summed E-state index contributed by atoms with van der Waals surface area (Å²) in [5.74, 6) is -1.39. The van der Waals surface area contributed by atoms with Crippen molar-refractivity contribution in [2.75, 3.05) is 6.26 Å². The fourth-order valence-electron chi connectivity index (χ4n) is 3.51. The molecule has 0 bridgehead atoms. The van der Waals surface area contributed by atoms with Crippen molar-refractivity contribution in [2.45, 2.75) is 6.92 Å². The Morgan fingerprint density at radius 2 is 1.87 bits per heavy atom. The molecule has 0 saturated heterocycles. The van der Waals surface area contributed by atoms with Crippen molar-refractivity contribution in [1.82, 2.24) is 10.0 Å². The number of hydrogen-bond donors (Lipinski definition) is 1.